The fourth-order valence-electron chi connectivity index (χ4n) is 5.32. The molecule has 1 saturated heterocycles. The van der Waals surface area contributed by atoms with E-state index >= 15 is 0 Å². The van der Waals surface area contributed by atoms with Gasteiger partial charge in [-0.1, -0.05) is 41.0 Å². The van der Waals surface area contributed by atoms with Gasteiger partial charge in [-0.05, 0) is 38.5 Å². The number of fused-ring (bicyclic) bond motifs is 3. The number of nitrogens with zero attached hydrogens (tertiary/aromatic N) is 4. The number of nitrogens with two attached hydrogens (primary N) is 1. The summed E-state index contributed by atoms with van der Waals surface area (Å²) in [6.45, 7) is 22.7. The van der Waals surface area contributed by atoms with E-state index in [9.17, 15) is 0 Å². The molecule has 0 unspecified atom stereocenters. The molecular formula is C31H50N6O2. The Hall–Kier alpha value is -2.42. The number of rotatable bonds is 13. The Bertz CT molecular complexity index is 1230. The van der Waals surface area contributed by atoms with Crippen molar-refractivity contribution in [1.82, 2.24) is 19.9 Å². The Labute approximate surface area is 234 Å². The van der Waals surface area contributed by atoms with Crippen LogP contribution in [0.4, 0.5) is 11.5 Å². The summed E-state index contributed by atoms with van der Waals surface area (Å²) in [6.07, 6.45) is 3.42. The normalized spacial score (nSPS) is 15.7. The van der Waals surface area contributed by atoms with Crippen molar-refractivity contribution in [3.8, 4) is 0 Å². The molecule has 3 heterocycles. The number of benzene rings is 1. The van der Waals surface area contributed by atoms with Gasteiger partial charge in [-0.3, -0.25) is 4.90 Å². The first-order valence-electron chi connectivity index (χ1n) is 14.7. The van der Waals surface area contributed by atoms with Crippen LogP contribution in [-0.4, -0.2) is 78.5 Å². The second kappa shape index (κ2) is 12.4. The van der Waals surface area contributed by atoms with Gasteiger partial charge in [-0.2, -0.15) is 0 Å². The van der Waals surface area contributed by atoms with Crippen molar-refractivity contribution in [1.29, 1.82) is 0 Å². The third-order valence-corrected chi connectivity index (χ3v) is 7.44. The highest BCUT2D eigenvalue weighted by atomic mass is 16.5. The van der Waals surface area contributed by atoms with Crippen LogP contribution < -0.4 is 10.6 Å². The average Bonchev–Trinajstić information content (AvgIpc) is 3.31. The van der Waals surface area contributed by atoms with Gasteiger partial charge in [0.15, 0.2) is 5.82 Å². The summed E-state index contributed by atoms with van der Waals surface area (Å²) >= 11 is 0. The van der Waals surface area contributed by atoms with Gasteiger partial charge in [0.25, 0.3) is 0 Å². The standard InChI is InChI=1S/C31H50N6O2/c1-8-9-10-26-34-27-24-17-23(11-12-25(24)33-29(32)28(27)35-26)37-15-13-36(14-16-37)18-30(4,5)19-38-20-31(6,7)21-39-22(2)3/h11-12,17,22H,8-10,13-16,18-21H2,1-7H3,(H2,32,33)(H,34,35). The smallest absolute Gasteiger partial charge is 0.152 e. The third-order valence-electron chi connectivity index (χ3n) is 7.44. The van der Waals surface area contributed by atoms with Crippen LogP contribution in [0.25, 0.3) is 21.9 Å². The SMILES string of the molecule is CCCCc1nc2c(N)nc3ccc(N4CCN(CC(C)(C)COCC(C)(C)COC(C)C)CC4)cc3c2[nH]1. The van der Waals surface area contributed by atoms with E-state index in [2.05, 4.69) is 86.4 Å². The first-order valence-corrected chi connectivity index (χ1v) is 14.7. The van der Waals surface area contributed by atoms with Crippen molar-refractivity contribution >= 4 is 33.4 Å². The molecule has 8 nitrogen and oxygen atoms in total. The summed E-state index contributed by atoms with van der Waals surface area (Å²) in [5.74, 6) is 1.49. The van der Waals surface area contributed by atoms with Gasteiger partial charge < -0.3 is 25.1 Å². The minimum Gasteiger partial charge on any atom is -0.382 e. The summed E-state index contributed by atoms with van der Waals surface area (Å²) in [5.41, 5.74) is 10.3. The zero-order valence-electron chi connectivity index (χ0n) is 25.3. The number of ether oxygens (including phenoxy) is 2. The van der Waals surface area contributed by atoms with Crippen LogP contribution in [0.5, 0.6) is 0 Å². The number of H-pyrrole nitrogens is 1. The molecule has 2 aromatic heterocycles. The Morgan fingerprint density at radius 1 is 1.00 bits per heavy atom. The molecule has 1 aromatic carbocycles. The minimum absolute atomic E-state index is 0.0198. The number of unbranched alkanes of at least 4 members (excludes halogenated alkanes) is 1. The highest BCUT2D eigenvalue weighted by Gasteiger charge is 2.27. The van der Waals surface area contributed by atoms with E-state index in [-0.39, 0.29) is 16.9 Å². The van der Waals surface area contributed by atoms with E-state index in [1.807, 2.05) is 0 Å². The summed E-state index contributed by atoms with van der Waals surface area (Å²) in [5, 5.41) is 1.09. The van der Waals surface area contributed by atoms with Crippen LogP contribution in [0.3, 0.4) is 0 Å². The van der Waals surface area contributed by atoms with Gasteiger partial charge in [0, 0.05) is 61.0 Å². The molecule has 0 bridgehead atoms. The van der Waals surface area contributed by atoms with Crippen LogP contribution in [0.1, 0.15) is 67.1 Å². The molecule has 1 aliphatic rings. The zero-order chi connectivity index (χ0) is 28.2. The predicted molar refractivity (Wildman–Crippen MR) is 163 cm³/mol. The number of piperazine rings is 1. The van der Waals surface area contributed by atoms with Crippen LogP contribution in [0.2, 0.25) is 0 Å². The lowest BCUT2D eigenvalue weighted by molar-refractivity contribution is -0.0441. The van der Waals surface area contributed by atoms with Crippen molar-refractivity contribution in [2.24, 2.45) is 10.8 Å². The van der Waals surface area contributed by atoms with Crippen molar-refractivity contribution < 1.29 is 9.47 Å². The number of aromatic nitrogens is 3. The number of aromatic amines is 1. The van der Waals surface area contributed by atoms with Crippen LogP contribution in [-0.2, 0) is 15.9 Å². The second-order valence-corrected chi connectivity index (χ2v) is 13.2. The number of anilines is 2. The molecular weight excluding hydrogens is 488 g/mol. The molecule has 0 amide bonds. The number of nitrogens with one attached hydrogen (secondary N) is 1. The van der Waals surface area contributed by atoms with Gasteiger partial charge in [0.2, 0.25) is 0 Å². The summed E-state index contributed by atoms with van der Waals surface area (Å²) in [4.78, 5) is 18.0. The van der Waals surface area contributed by atoms with Crippen molar-refractivity contribution in [3.05, 3.63) is 24.0 Å². The summed E-state index contributed by atoms with van der Waals surface area (Å²) in [6, 6.07) is 6.52. The molecule has 0 radical (unpaired) electrons. The average molecular weight is 539 g/mol. The maximum atomic E-state index is 6.26. The molecule has 0 atom stereocenters. The van der Waals surface area contributed by atoms with E-state index in [0.717, 1.165) is 93.0 Å². The largest absolute Gasteiger partial charge is 0.382 e. The Morgan fingerprint density at radius 2 is 1.72 bits per heavy atom. The molecule has 3 N–H and O–H groups in total. The quantitative estimate of drug-likeness (QED) is 0.290. The third kappa shape index (κ3) is 7.83. The van der Waals surface area contributed by atoms with Gasteiger partial charge in [-0.25, -0.2) is 9.97 Å². The fourth-order valence-corrected chi connectivity index (χ4v) is 5.32. The van der Waals surface area contributed by atoms with E-state index in [4.69, 9.17) is 20.2 Å². The van der Waals surface area contributed by atoms with Crippen molar-refractivity contribution in [2.75, 3.05) is 63.2 Å². The maximum Gasteiger partial charge on any atom is 0.152 e. The number of nitrogen functional groups attached to an aromatic ring is 1. The van der Waals surface area contributed by atoms with Gasteiger partial charge in [-0.15, -0.1) is 0 Å². The lowest BCUT2D eigenvalue weighted by atomic mass is 9.92. The highest BCUT2D eigenvalue weighted by molar-refractivity contribution is 6.07. The lowest BCUT2D eigenvalue weighted by Crippen LogP contribution is -2.49. The summed E-state index contributed by atoms with van der Waals surface area (Å²) < 4.78 is 12.0. The number of hydrogen-bond donors (Lipinski definition) is 2. The number of pyridine rings is 1. The molecule has 0 spiro atoms. The monoisotopic (exact) mass is 538 g/mol. The van der Waals surface area contributed by atoms with E-state index < -0.39 is 0 Å². The molecule has 1 aliphatic heterocycles. The predicted octanol–water partition coefficient (Wildman–Crippen LogP) is 5.65. The fraction of sp³-hybridized carbons (Fsp3) is 0.677. The van der Waals surface area contributed by atoms with E-state index in [0.29, 0.717) is 12.4 Å². The first kappa shape index (κ1) is 29.6. The Kier molecular flexibility index (Phi) is 9.40. The van der Waals surface area contributed by atoms with Crippen LogP contribution >= 0.6 is 0 Å². The molecule has 4 rings (SSSR count). The van der Waals surface area contributed by atoms with Crippen LogP contribution in [0.15, 0.2) is 18.2 Å². The number of aryl methyl sites for hydroxylation is 1. The molecule has 0 aliphatic carbocycles. The molecule has 8 heteroatoms. The van der Waals surface area contributed by atoms with E-state index in [1.54, 1.807) is 0 Å². The van der Waals surface area contributed by atoms with Gasteiger partial charge >= 0.3 is 0 Å². The first-order chi connectivity index (χ1) is 18.5. The number of hydrogen-bond acceptors (Lipinski definition) is 7. The molecule has 216 valence electrons. The minimum atomic E-state index is 0.0198. The van der Waals surface area contributed by atoms with Crippen LogP contribution in [0, 0.1) is 10.8 Å². The Morgan fingerprint density at radius 3 is 2.41 bits per heavy atom. The van der Waals surface area contributed by atoms with E-state index in [1.165, 1.54) is 5.69 Å². The molecule has 3 aromatic rings. The summed E-state index contributed by atoms with van der Waals surface area (Å²) in [7, 11) is 0. The highest BCUT2D eigenvalue weighted by Crippen LogP contribution is 2.31. The Balaban J connectivity index is 1.34. The lowest BCUT2D eigenvalue weighted by Gasteiger charge is -2.40. The van der Waals surface area contributed by atoms with Crippen molar-refractivity contribution in [3.63, 3.8) is 0 Å². The molecule has 0 saturated carbocycles. The molecule has 1 fully saturated rings. The zero-order valence-corrected chi connectivity index (χ0v) is 25.3. The molecule has 39 heavy (non-hydrogen) atoms. The van der Waals surface area contributed by atoms with Crippen molar-refractivity contribution in [2.45, 2.75) is 73.8 Å². The maximum absolute atomic E-state index is 6.26. The number of imidazole rings is 1. The second-order valence-electron chi connectivity index (χ2n) is 13.2. The topological polar surface area (TPSA) is 92.5 Å². The van der Waals surface area contributed by atoms with Gasteiger partial charge in [0.05, 0.1) is 37.0 Å². The van der Waals surface area contributed by atoms with Gasteiger partial charge in [0.1, 0.15) is 11.3 Å².